The van der Waals surface area contributed by atoms with E-state index in [-0.39, 0.29) is 0 Å². The first-order valence-corrected chi connectivity index (χ1v) is 15.5. The highest BCUT2D eigenvalue weighted by atomic mass is 32.1. The van der Waals surface area contributed by atoms with Gasteiger partial charge in [0.05, 0.1) is 23.4 Å². The van der Waals surface area contributed by atoms with Gasteiger partial charge in [-0.25, -0.2) is 4.98 Å². The molecule has 0 bridgehead atoms. The molecule has 38 heavy (non-hydrogen) atoms. The molecule has 4 rings (SSSR count). The van der Waals surface area contributed by atoms with E-state index in [1.165, 1.54) is 54.7 Å². The van der Waals surface area contributed by atoms with Crippen LogP contribution in [0.15, 0.2) is 36.4 Å². The zero-order valence-corrected chi connectivity index (χ0v) is 24.3. The highest BCUT2D eigenvalue weighted by Gasteiger charge is 2.28. The van der Waals surface area contributed by atoms with Crippen molar-refractivity contribution in [1.82, 2.24) is 10.3 Å². The Kier molecular flexibility index (Phi) is 10.8. The largest absolute Gasteiger partial charge is 0.493 e. The Labute approximate surface area is 233 Å². The molecular weight excluding hydrogens is 486 g/mol. The minimum Gasteiger partial charge on any atom is -0.493 e. The van der Waals surface area contributed by atoms with E-state index in [9.17, 15) is 5.26 Å². The van der Waals surface area contributed by atoms with Gasteiger partial charge in [0.25, 0.3) is 0 Å². The summed E-state index contributed by atoms with van der Waals surface area (Å²) in [6.07, 6.45) is 11.8. The number of aromatic nitrogens is 1. The number of hydrogen-bond acceptors (Lipinski definition) is 5. The molecule has 5 heteroatoms. The molecule has 1 N–H and O–H groups in total. The maximum Gasteiger partial charge on any atom is 0.134 e. The fraction of sp³-hybridized carbons (Fsp3) is 0.515. The van der Waals surface area contributed by atoms with Crippen LogP contribution in [0.25, 0.3) is 21.7 Å². The molecule has 3 aromatic rings. The maximum absolute atomic E-state index is 10.6. The highest BCUT2D eigenvalue weighted by Crippen LogP contribution is 2.47. The number of ether oxygens (including phenoxy) is 1. The van der Waals surface area contributed by atoms with Crippen LogP contribution in [0.2, 0.25) is 0 Å². The molecule has 0 radical (unpaired) electrons. The predicted octanol–water partition coefficient (Wildman–Crippen LogP) is 9.03. The predicted molar refractivity (Wildman–Crippen MR) is 160 cm³/mol. The lowest BCUT2D eigenvalue weighted by Crippen LogP contribution is -2.22. The number of nitrogens with one attached hydrogen (secondary N) is 1. The molecular formula is C33H43N3OS. The number of nitrogens with zero attached hydrogens (tertiary/aromatic N) is 2. The Bertz CT molecular complexity index is 1190. The van der Waals surface area contributed by atoms with Crippen molar-refractivity contribution < 1.29 is 4.74 Å². The van der Waals surface area contributed by atoms with E-state index in [0.717, 1.165) is 66.2 Å². The standard InChI is InChI=1S/C33H43N3OS/c1-4-7-8-9-10-12-15-24(6-3)27-21-26(25-16-13-11-14-17-25)28(22-34)31(32(27)37-20-5-2)33-36-29-18-19-35-23-30(29)38-33/h11,13-14,16-17,21,24,35H,4-10,12,15,18-20,23H2,1-3H3. The minimum atomic E-state index is 0.387. The van der Waals surface area contributed by atoms with Gasteiger partial charge in [0.15, 0.2) is 0 Å². The SMILES string of the molecule is CCCCCCCCC(CC)c1cc(-c2ccccc2)c(C#N)c(-c2nc3c(s2)CNCC3)c1OCCC. The van der Waals surface area contributed by atoms with E-state index in [1.807, 2.05) is 6.07 Å². The summed E-state index contributed by atoms with van der Waals surface area (Å²) >= 11 is 1.72. The molecule has 202 valence electrons. The zero-order chi connectivity index (χ0) is 26.7. The van der Waals surface area contributed by atoms with Crippen molar-refractivity contribution in [3.63, 3.8) is 0 Å². The molecule has 0 fully saturated rings. The van der Waals surface area contributed by atoms with Crippen LogP contribution in [0.1, 0.15) is 106 Å². The summed E-state index contributed by atoms with van der Waals surface area (Å²) in [6, 6.07) is 15.2. The molecule has 0 aliphatic carbocycles. The fourth-order valence-corrected chi connectivity index (χ4v) is 6.62. The second-order valence-corrected chi connectivity index (χ2v) is 11.5. The Morgan fingerprint density at radius 2 is 1.84 bits per heavy atom. The average molecular weight is 530 g/mol. The molecule has 0 saturated heterocycles. The lowest BCUT2D eigenvalue weighted by Gasteiger charge is -2.24. The van der Waals surface area contributed by atoms with Crippen molar-refractivity contribution in [2.45, 2.75) is 97.4 Å². The van der Waals surface area contributed by atoms with E-state index in [4.69, 9.17) is 9.72 Å². The first-order valence-electron chi connectivity index (χ1n) is 14.7. The first kappa shape index (κ1) is 28.3. The van der Waals surface area contributed by atoms with Gasteiger partial charge in [-0.1, -0.05) is 89.6 Å². The minimum absolute atomic E-state index is 0.387. The summed E-state index contributed by atoms with van der Waals surface area (Å²) in [7, 11) is 0. The molecule has 1 aliphatic rings. The summed E-state index contributed by atoms with van der Waals surface area (Å²) in [4.78, 5) is 6.39. The smallest absolute Gasteiger partial charge is 0.134 e. The summed E-state index contributed by atoms with van der Waals surface area (Å²) in [6.45, 7) is 9.14. The molecule has 0 spiro atoms. The van der Waals surface area contributed by atoms with Crippen LogP contribution in [0, 0.1) is 11.3 Å². The van der Waals surface area contributed by atoms with Gasteiger partial charge in [0.2, 0.25) is 0 Å². The number of unbranched alkanes of at least 4 members (excludes halogenated alkanes) is 5. The zero-order valence-electron chi connectivity index (χ0n) is 23.4. The molecule has 1 atom stereocenters. The maximum atomic E-state index is 10.6. The molecule has 1 unspecified atom stereocenters. The Balaban J connectivity index is 1.85. The molecule has 0 amide bonds. The molecule has 4 nitrogen and oxygen atoms in total. The molecule has 0 saturated carbocycles. The summed E-state index contributed by atoms with van der Waals surface area (Å²) in [5.41, 5.74) is 6.06. The third-order valence-corrected chi connectivity index (χ3v) is 8.73. The van der Waals surface area contributed by atoms with Gasteiger partial charge in [0.1, 0.15) is 16.8 Å². The van der Waals surface area contributed by atoms with Crippen LogP contribution < -0.4 is 10.1 Å². The van der Waals surface area contributed by atoms with Crippen LogP contribution in [-0.2, 0) is 13.0 Å². The monoisotopic (exact) mass is 529 g/mol. The Morgan fingerprint density at radius 1 is 1.05 bits per heavy atom. The van der Waals surface area contributed by atoms with Crippen molar-refractivity contribution in [3.8, 4) is 33.5 Å². The number of nitriles is 1. The van der Waals surface area contributed by atoms with Crippen LogP contribution in [0.4, 0.5) is 0 Å². The van der Waals surface area contributed by atoms with Gasteiger partial charge < -0.3 is 10.1 Å². The molecule has 1 aromatic heterocycles. The number of benzene rings is 2. The van der Waals surface area contributed by atoms with E-state index in [1.54, 1.807) is 11.3 Å². The molecule has 2 heterocycles. The van der Waals surface area contributed by atoms with E-state index in [2.05, 4.69) is 62.5 Å². The number of rotatable bonds is 14. The second kappa shape index (κ2) is 14.5. The third kappa shape index (κ3) is 6.65. The van der Waals surface area contributed by atoms with Crippen LogP contribution in [0.5, 0.6) is 5.75 Å². The highest BCUT2D eigenvalue weighted by molar-refractivity contribution is 7.15. The van der Waals surface area contributed by atoms with E-state index < -0.39 is 0 Å². The Hall–Kier alpha value is -2.68. The van der Waals surface area contributed by atoms with Crippen molar-refractivity contribution in [3.05, 3.63) is 58.1 Å². The topological polar surface area (TPSA) is 57.9 Å². The van der Waals surface area contributed by atoms with Gasteiger partial charge >= 0.3 is 0 Å². The average Bonchev–Trinajstić information content (AvgIpc) is 3.39. The van der Waals surface area contributed by atoms with Crippen LogP contribution >= 0.6 is 11.3 Å². The number of thiazole rings is 1. The lowest BCUT2D eigenvalue weighted by molar-refractivity contribution is 0.312. The summed E-state index contributed by atoms with van der Waals surface area (Å²) in [5, 5.41) is 15.0. The van der Waals surface area contributed by atoms with Crippen molar-refractivity contribution in [1.29, 1.82) is 5.26 Å². The normalized spacial score (nSPS) is 13.6. The fourth-order valence-electron chi connectivity index (χ4n) is 5.50. The van der Waals surface area contributed by atoms with Crippen molar-refractivity contribution in [2.75, 3.05) is 13.2 Å². The van der Waals surface area contributed by atoms with E-state index in [0.29, 0.717) is 18.1 Å². The third-order valence-electron chi connectivity index (χ3n) is 7.61. The van der Waals surface area contributed by atoms with Gasteiger partial charge in [-0.15, -0.1) is 11.3 Å². The van der Waals surface area contributed by atoms with Gasteiger partial charge in [-0.2, -0.15) is 5.26 Å². The van der Waals surface area contributed by atoms with Crippen LogP contribution in [0.3, 0.4) is 0 Å². The molecule has 2 aromatic carbocycles. The van der Waals surface area contributed by atoms with Crippen molar-refractivity contribution >= 4 is 11.3 Å². The second-order valence-electron chi connectivity index (χ2n) is 10.4. The quantitative estimate of drug-likeness (QED) is 0.212. The summed E-state index contributed by atoms with van der Waals surface area (Å²) in [5.74, 6) is 1.28. The van der Waals surface area contributed by atoms with E-state index >= 15 is 0 Å². The first-order chi connectivity index (χ1) is 18.7. The number of fused-ring (bicyclic) bond motifs is 1. The Morgan fingerprint density at radius 3 is 2.55 bits per heavy atom. The number of hydrogen-bond donors (Lipinski definition) is 1. The lowest BCUT2D eigenvalue weighted by atomic mass is 9.84. The molecule has 1 aliphatic heterocycles. The van der Waals surface area contributed by atoms with Crippen LogP contribution in [-0.4, -0.2) is 18.1 Å². The van der Waals surface area contributed by atoms with Gasteiger partial charge in [0, 0.05) is 30.0 Å². The van der Waals surface area contributed by atoms with Gasteiger partial charge in [-0.3, -0.25) is 0 Å². The van der Waals surface area contributed by atoms with Gasteiger partial charge in [-0.05, 0) is 42.4 Å². The summed E-state index contributed by atoms with van der Waals surface area (Å²) < 4.78 is 6.58. The van der Waals surface area contributed by atoms with Crippen molar-refractivity contribution in [2.24, 2.45) is 0 Å².